The number of hydrogen-bond acceptors (Lipinski definition) is 4. The summed E-state index contributed by atoms with van der Waals surface area (Å²) in [5, 5.41) is 0. The van der Waals surface area contributed by atoms with Crippen molar-refractivity contribution in [2.75, 3.05) is 26.6 Å². The summed E-state index contributed by atoms with van der Waals surface area (Å²) < 4.78 is 15.4. The van der Waals surface area contributed by atoms with Gasteiger partial charge in [-0.25, -0.2) is 4.79 Å². The molecule has 0 aromatic carbocycles. The molecule has 0 N–H and O–H groups in total. The van der Waals surface area contributed by atoms with Crippen LogP contribution in [0.25, 0.3) is 0 Å². The Morgan fingerprint density at radius 1 is 1.06 bits per heavy atom. The van der Waals surface area contributed by atoms with E-state index in [1.165, 1.54) is 0 Å². The highest BCUT2D eigenvalue weighted by atomic mass is 16.7. The van der Waals surface area contributed by atoms with Crippen molar-refractivity contribution in [3.05, 3.63) is 12.2 Å². The van der Waals surface area contributed by atoms with Gasteiger partial charge < -0.3 is 14.2 Å². The van der Waals surface area contributed by atoms with Crippen molar-refractivity contribution >= 4 is 5.97 Å². The third-order valence-electron chi connectivity index (χ3n) is 1.73. The van der Waals surface area contributed by atoms with E-state index in [-0.39, 0.29) is 13.4 Å². The fourth-order valence-electron chi connectivity index (χ4n) is 0.911. The smallest absolute Gasteiger partial charge is 0.335 e. The molecule has 0 saturated carbocycles. The van der Waals surface area contributed by atoms with Crippen LogP contribution in [0, 0.1) is 11.8 Å². The molecule has 0 aliphatic rings. The number of carbonyl (C=O) groups is 1. The summed E-state index contributed by atoms with van der Waals surface area (Å²) >= 11 is 0. The lowest BCUT2D eigenvalue weighted by Gasteiger charge is -2.10. The number of esters is 1. The largest absolute Gasteiger partial charge is 0.462 e. The minimum atomic E-state index is -0.400. The van der Waals surface area contributed by atoms with Crippen LogP contribution in [0.3, 0.4) is 0 Å². The first kappa shape index (κ1) is 16.1. The average Bonchev–Trinajstić information content (AvgIpc) is 2.24. The molecule has 0 atom stereocenters. The van der Waals surface area contributed by atoms with Crippen LogP contribution in [-0.4, -0.2) is 32.6 Å². The molecular weight excluding hydrogens is 220 g/mol. The molecule has 0 aromatic heterocycles. The molecule has 0 aliphatic carbocycles. The standard InChI is InChI=1S/C13H24O4/c1-10(2)6-15-9-16-8-12(5)13(14)17-7-11(3)4/h10-11H,5-9H2,1-4H3. The van der Waals surface area contributed by atoms with E-state index in [9.17, 15) is 4.79 Å². The van der Waals surface area contributed by atoms with Crippen LogP contribution in [0.5, 0.6) is 0 Å². The zero-order chi connectivity index (χ0) is 13.3. The van der Waals surface area contributed by atoms with E-state index in [1.807, 2.05) is 13.8 Å². The minimum absolute atomic E-state index is 0.148. The summed E-state index contributed by atoms with van der Waals surface area (Å²) in [6.45, 7) is 13.1. The van der Waals surface area contributed by atoms with Gasteiger partial charge in [-0.2, -0.15) is 0 Å². The van der Waals surface area contributed by atoms with Crippen LogP contribution >= 0.6 is 0 Å². The van der Waals surface area contributed by atoms with Gasteiger partial charge in [0.25, 0.3) is 0 Å². The van der Waals surface area contributed by atoms with E-state index in [4.69, 9.17) is 14.2 Å². The first-order valence-electron chi connectivity index (χ1n) is 5.93. The Labute approximate surface area is 104 Å². The number of ether oxygens (including phenoxy) is 3. The maximum atomic E-state index is 11.4. The summed E-state index contributed by atoms with van der Waals surface area (Å²) in [5.41, 5.74) is 0.318. The molecule has 17 heavy (non-hydrogen) atoms. The van der Waals surface area contributed by atoms with Crippen LogP contribution in [0.2, 0.25) is 0 Å². The SMILES string of the molecule is C=C(COCOCC(C)C)C(=O)OCC(C)C. The lowest BCUT2D eigenvalue weighted by Crippen LogP contribution is -2.16. The molecule has 4 heteroatoms. The molecule has 0 rings (SSSR count). The molecule has 0 radical (unpaired) electrons. The Hall–Kier alpha value is -0.870. The molecule has 0 aliphatic heterocycles. The highest BCUT2D eigenvalue weighted by molar-refractivity contribution is 5.87. The van der Waals surface area contributed by atoms with Gasteiger partial charge in [-0.05, 0) is 11.8 Å². The van der Waals surface area contributed by atoms with Crippen molar-refractivity contribution in [1.29, 1.82) is 0 Å². The Morgan fingerprint density at radius 3 is 2.18 bits per heavy atom. The van der Waals surface area contributed by atoms with Crippen LogP contribution < -0.4 is 0 Å². The van der Waals surface area contributed by atoms with Crippen LogP contribution in [0.4, 0.5) is 0 Å². The second-order valence-electron chi connectivity index (χ2n) is 4.83. The van der Waals surface area contributed by atoms with Crippen molar-refractivity contribution in [3.8, 4) is 0 Å². The fourth-order valence-corrected chi connectivity index (χ4v) is 0.911. The lowest BCUT2D eigenvalue weighted by atomic mass is 10.2. The summed E-state index contributed by atoms with van der Waals surface area (Å²) in [6, 6.07) is 0. The van der Waals surface area contributed by atoms with Gasteiger partial charge in [0.2, 0.25) is 0 Å². The second-order valence-corrected chi connectivity index (χ2v) is 4.83. The van der Waals surface area contributed by atoms with Crippen molar-refractivity contribution in [2.45, 2.75) is 27.7 Å². The molecule has 0 unspecified atom stereocenters. The third kappa shape index (κ3) is 10.0. The molecule has 4 nitrogen and oxygen atoms in total. The van der Waals surface area contributed by atoms with Crippen molar-refractivity contribution < 1.29 is 19.0 Å². The maximum Gasteiger partial charge on any atom is 0.335 e. The molecule has 0 heterocycles. The Morgan fingerprint density at radius 2 is 1.65 bits per heavy atom. The van der Waals surface area contributed by atoms with Crippen LogP contribution in [-0.2, 0) is 19.0 Å². The monoisotopic (exact) mass is 244 g/mol. The molecular formula is C13H24O4. The van der Waals surface area contributed by atoms with E-state index < -0.39 is 5.97 Å². The van der Waals surface area contributed by atoms with E-state index in [0.717, 1.165) is 0 Å². The predicted molar refractivity (Wildman–Crippen MR) is 66.5 cm³/mol. The third-order valence-corrected chi connectivity index (χ3v) is 1.73. The van der Waals surface area contributed by atoms with Crippen LogP contribution in [0.15, 0.2) is 12.2 Å². The van der Waals surface area contributed by atoms with Gasteiger partial charge >= 0.3 is 5.97 Å². The summed E-state index contributed by atoms with van der Waals surface area (Å²) in [7, 11) is 0. The lowest BCUT2D eigenvalue weighted by molar-refractivity contribution is -0.141. The van der Waals surface area contributed by atoms with Gasteiger partial charge in [-0.15, -0.1) is 0 Å². The molecule has 0 spiro atoms. The quantitative estimate of drug-likeness (QED) is 0.270. The summed E-state index contributed by atoms with van der Waals surface area (Å²) in [6.07, 6.45) is 0. The zero-order valence-corrected chi connectivity index (χ0v) is 11.3. The average molecular weight is 244 g/mol. The van der Waals surface area contributed by atoms with E-state index in [0.29, 0.717) is 30.6 Å². The Kier molecular flexibility index (Phi) is 8.72. The first-order valence-corrected chi connectivity index (χ1v) is 5.93. The van der Waals surface area contributed by atoms with Crippen molar-refractivity contribution in [2.24, 2.45) is 11.8 Å². The van der Waals surface area contributed by atoms with E-state index in [1.54, 1.807) is 0 Å². The van der Waals surface area contributed by atoms with E-state index in [2.05, 4.69) is 20.4 Å². The molecule has 0 amide bonds. The predicted octanol–water partition coefficient (Wildman–Crippen LogP) is 2.39. The highest BCUT2D eigenvalue weighted by Gasteiger charge is 2.09. The van der Waals surface area contributed by atoms with Gasteiger partial charge in [0.15, 0.2) is 0 Å². The van der Waals surface area contributed by atoms with Crippen molar-refractivity contribution in [3.63, 3.8) is 0 Å². The summed E-state index contributed by atoms with van der Waals surface area (Å²) in [5.74, 6) is 0.391. The number of carbonyl (C=O) groups excluding carboxylic acids is 1. The number of hydrogen-bond donors (Lipinski definition) is 0. The molecule has 0 fully saturated rings. The topological polar surface area (TPSA) is 44.8 Å². The molecule has 100 valence electrons. The van der Waals surface area contributed by atoms with Gasteiger partial charge in [-0.3, -0.25) is 0 Å². The van der Waals surface area contributed by atoms with Crippen LogP contribution in [0.1, 0.15) is 27.7 Å². The number of rotatable bonds is 9. The van der Waals surface area contributed by atoms with Gasteiger partial charge in [0, 0.05) is 0 Å². The Balaban J connectivity index is 3.54. The highest BCUT2D eigenvalue weighted by Crippen LogP contribution is 2.00. The van der Waals surface area contributed by atoms with Gasteiger partial charge in [0.1, 0.15) is 6.79 Å². The second kappa shape index (κ2) is 9.19. The normalized spacial score (nSPS) is 10.9. The van der Waals surface area contributed by atoms with E-state index >= 15 is 0 Å². The van der Waals surface area contributed by atoms with Gasteiger partial charge in [-0.1, -0.05) is 34.3 Å². The molecule has 0 saturated heterocycles. The minimum Gasteiger partial charge on any atom is -0.462 e. The van der Waals surface area contributed by atoms with Gasteiger partial charge in [0.05, 0.1) is 25.4 Å². The molecule has 0 aromatic rings. The Bertz CT molecular complexity index is 234. The molecule has 0 bridgehead atoms. The first-order chi connectivity index (χ1) is 7.93. The maximum absolute atomic E-state index is 11.4. The fraction of sp³-hybridized carbons (Fsp3) is 0.769. The zero-order valence-electron chi connectivity index (χ0n) is 11.3. The van der Waals surface area contributed by atoms with Crippen molar-refractivity contribution in [1.82, 2.24) is 0 Å². The summed E-state index contributed by atoms with van der Waals surface area (Å²) in [4.78, 5) is 11.4.